The smallest absolute Gasteiger partial charge is 0.231 e. The molecule has 7 nitrogen and oxygen atoms in total. The maximum Gasteiger partial charge on any atom is 0.231 e. The van der Waals surface area contributed by atoms with Crippen LogP contribution in [0.3, 0.4) is 0 Å². The number of fused-ring (bicyclic) bond motifs is 1. The van der Waals surface area contributed by atoms with Crippen molar-refractivity contribution in [3.8, 4) is 23.0 Å². The monoisotopic (exact) mass is 496 g/mol. The van der Waals surface area contributed by atoms with Gasteiger partial charge >= 0.3 is 0 Å². The van der Waals surface area contributed by atoms with E-state index in [-0.39, 0.29) is 12.7 Å². The van der Waals surface area contributed by atoms with Crippen LogP contribution in [0.2, 0.25) is 0 Å². The lowest BCUT2D eigenvalue weighted by molar-refractivity contribution is -0.130. The molecule has 0 bridgehead atoms. The largest absolute Gasteiger partial charge is 0.493 e. The van der Waals surface area contributed by atoms with Gasteiger partial charge in [0.15, 0.2) is 23.0 Å². The van der Waals surface area contributed by atoms with Crippen LogP contribution in [-0.2, 0) is 11.2 Å². The Hall–Kier alpha value is -3.19. The highest BCUT2D eigenvalue weighted by Gasteiger charge is 2.14. The summed E-state index contributed by atoms with van der Waals surface area (Å²) in [5.41, 5.74) is 2.23. The zero-order valence-electron chi connectivity index (χ0n) is 22.0. The summed E-state index contributed by atoms with van der Waals surface area (Å²) in [5.74, 6) is 3.63. The molecule has 1 aliphatic heterocycles. The van der Waals surface area contributed by atoms with Gasteiger partial charge in [-0.15, -0.1) is 0 Å². The predicted octanol–water partition coefficient (Wildman–Crippen LogP) is 4.93. The molecule has 0 aliphatic carbocycles. The first kappa shape index (κ1) is 27.4. The zero-order chi connectivity index (χ0) is 25.8. The molecule has 196 valence electrons. The molecule has 36 heavy (non-hydrogen) atoms. The van der Waals surface area contributed by atoms with Crippen LogP contribution in [0, 0.1) is 5.92 Å². The average molecular weight is 497 g/mol. The summed E-state index contributed by atoms with van der Waals surface area (Å²) in [6.45, 7) is 7.92. The Kier molecular flexibility index (Phi) is 11.0. The minimum absolute atomic E-state index is 0.161. The third kappa shape index (κ3) is 8.48. The SMILES string of the molecule is COc1ccc(CCCNCCCN(CC(C)C)C(=O)C/C=C/c2ccc3c(c2)OCO3)cc1OC. The number of aryl methyl sites for hydroxylation is 1. The normalized spacial score (nSPS) is 12.4. The fourth-order valence-electron chi connectivity index (χ4n) is 4.17. The fourth-order valence-corrected chi connectivity index (χ4v) is 4.17. The molecule has 7 heteroatoms. The molecule has 0 saturated carbocycles. The summed E-state index contributed by atoms with van der Waals surface area (Å²) in [6.07, 6.45) is 7.23. The molecule has 0 radical (unpaired) electrons. The Bertz CT molecular complexity index is 1010. The Morgan fingerprint density at radius 1 is 1.03 bits per heavy atom. The molecule has 0 saturated heterocycles. The van der Waals surface area contributed by atoms with Gasteiger partial charge in [-0.2, -0.15) is 0 Å². The molecule has 1 N–H and O–H groups in total. The molecule has 0 atom stereocenters. The van der Waals surface area contributed by atoms with Crippen molar-refractivity contribution in [3.05, 3.63) is 53.6 Å². The number of benzene rings is 2. The number of carbonyl (C=O) groups is 1. The number of carbonyl (C=O) groups excluding carboxylic acids is 1. The minimum atomic E-state index is 0.161. The van der Waals surface area contributed by atoms with E-state index in [1.54, 1.807) is 14.2 Å². The van der Waals surface area contributed by atoms with Gasteiger partial charge in [0, 0.05) is 19.5 Å². The quantitative estimate of drug-likeness (QED) is 0.353. The van der Waals surface area contributed by atoms with E-state index < -0.39 is 0 Å². The topological polar surface area (TPSA) is 69.3 Å². The highest BCUT2D eigenvalue weighted by atomic mass is 16.7. The number of nitrogens with one attached hydrogen (secondary N) is 1. The molecule has 2 aromatic carbocycles. The summed E-state index contributed by atoms with van der Waals surface area (Å²) in [6, 6.07) is 11.9. The number of hydrogen-bond donors (Lipinski definition) is 1. The summed E-state index contributed by atoms with van der Waals surface area (Å²) < 4.78 is 21.5. The van der Waals surface area contributed by atoms with Crippen molar-refractivity contribution < 1.29 is 23.7 Å². The molecule has 1 amide bonds. The molecule has 0 aromatic heterocycles. The van der Waals surface area contributed by atoms with Gasteiger partial charge in [-0.1, -0.05) is 38.1 Å². The molecule has 2 aromatic rings. The van der Waals surface area contributed by atoms with E-state index in [1.165, 1.54) is 5.56 Å². The molecule has 1 heterocycles. The first-order valence-corrected chi connectivity index (χ1v) is 12.8. The molecule has 3 rings (SSSR count). The van der Waals surface area contributed by atoms with Crippen molar-refractivity contribution in [1.82, 2.24) is 10.2 Å². The van der Waals surface area contributed by atoms with E-state index in [1.807, 2.05) is 47.4 Å². The van der Waals surface area contributed by atoms with E-state index in [0.717, 1.165) is 74.0 Å². The van der Waals surface area contributed by atoms with Gasteiger partial charge in [-0.05, 0) is 73.7 Å². The summed E-state index contributed by atoms with van der Waals surface area (Å²) in [5, 5.41) is 3.51. The van der Waals surface area contributed by atoms with Crippen LogP contribution in [0.1, 0.15) is 44.2 Å². The van der Waals surface area contributed by atoms with Crippen molar-refractivity contribution in [2.75, 3.05) is 47.2 Å². The molecule has 0 unspecified atom stereocenters. The summed E-state index contributed by atoms with van der Waals surface area (Å²) in [4.78, 5) is 14.9. The van der Waals surface area contributed by atoms with E-state index in [9.17, 15) is 4.79 Å². The maximum absolute atomic E-state index is 12.9. The van der Waals surface area contributed by atoms with Gasteiger partial charge in [-0.25, -0.2) is 0 Å². The maximum atomic E-state index is 12.9. The number of rotatable bonds is 15. The van der Waals surface area contributed by atoms with Crippen LogP contribution >= 0.6 is 0 Å². The number of methoxy groups -OCH3 is 2. The fraction of sp³-hybridized carbons (Fsp3) is 0.483. The van der Waals surface area contributed by atoms with E-state index in [0.29, 0.717) is 12.3 Å². The Balaban J connectivity index is 1.36. The second kappa shape index (κ2) is 14.4. The third-order valence-electron chi connectivity index (χ3n) is 5.99. The van der Waals surface area contributed by atoms with Crippen molar-refractivity contribution >= 4 is 12.0 Å². The van der Waals surface area contributed by atoms with Gasteiger partial charge in [0.25, 0.3) is 0 Å². The van der Waals surface area contributed by atoms with E-state index in [4.69, 9.17) is 18.9 Å². The molecular formula is C29H40N2O5. The average Bonchev–Trinajstić information content (AvgIpc) is 3.35. The molecular weight excluding hydrogens is 456 g/mol. The molecule has 1 aliphatic rings. The van der Waals surface area contributed by atoms with Gasteiger partial charge in [0.2, 0.25) is 12.7 Å². The van der Waals surface area contributed by atoms with E-state index >= 15 is 0 Å². The van der Waals surface area contributed by atoms with Crippen LogP contribution in [0.4, 0.5) is 0 Å². The second-order valence-electron chi connectivity index (χ2n) is 9.35. The zero-order valence-corrected chi connectivity index (χ0v) is 22.0. The Morgan fingerprint density at radius 3 is 2.58 bits per heavy atom. The lowest BCUT2D eigenvalue weighted by atomic mass is 10.1. The third-order valence-corrected chi connectivity index (χ3v) is 5.99. The Morgan fingerprint density at radius 2 is 1.81 bits per heavy atom. The lowest BCUT2D eigenvalue weighted by Gasteiger charge is -2.24. The van der Waals surface area contributed by atoms with E-state index in [2.05, 4.69) is 25.2 Å². The minimum Gasteiger partial charge on any atom is -0.493 e. The van der Waals surface area contributed by atoms with Gasteiger partial charge in [-0.3, -0.25) is 4.79 Å². The first-order chi connectivity index (χ1) is 17.5. The second-order valence-corrected chi connectivity index (χ2v) is 9.35. The Labute approximate surface area is 215 Å². The van der Waals surface area contributed by atoms with Gasteiger partial charge in [0.05, 0.1) is 14.2 Å². The molecule has 0 spiro atoms. The summed E-state index contributed by atoms with van der Waals surface area (Å²) >= 11 is 0. The predicted molar refractivity (Wildman–Crippen MR) is 143 cm³/mol. The lowest BCUT2D eigenvalue weighted by Crippen LogP contribution is -2.36. The first-order valence-electron chi connectivity index (χ1n) is 12.8. The van der Waals surface area contributed by atoms with Gasteiger partial charge in [0.1, 0.15) is 0 Å². The summed E-state index contributed by atoms with van der Waals surface area (Å²) in [7, 11) is 3.31. The van der Waals surface area contributed by atoms with Crippen LogP contribution in [0.25, 0.3) is 6.08 Å². The molecule has 0 fully saturated rings. The van der Waals surface area contributed by atoms with Crippen molar-refractivity contribution in [2.24, 2.45) is 5.92 Å². The standard InChI is InChI=1S/C29H40N2O5/c1-22(2)20-31(29(32)10-5-8-23-12-14-26-28(19-23)36-21-35-26)17-7-16-30-15-6-9-24-11-13-25(33-3)27(18-24)34-4/h5,8,11-14,18-19,22,30H,6-7,9-10,15-17,20-21H2,1-4H3/b8-5+. The highest BCUT2D eigenvalue weighted by molar-refractivity contribution is 5.78. The van der Waals surface area contributed by atoms with Crippen LogP contribution in [0.5, 0.6) is 23.0 Å². The van der Waals surface area contributed by atoms with Gasteiger partial charge < -0.3 is 29.2 Å². The van der Waals surface area contributed by atoms with Crippen molar-refractivity contribution in [3.63, 3.8) is 0 Å². The number of nitrogens with zero attached hydrogens (tertiary/aromatic N) is 1. The number of amides is 1. The van der Waals surface area contributed by atoms with Crippen LogP contribution in [-0.4, -0.2) is 58.0 Å². The van der Waals surface area contributed by atoms with Crippen molar-refractivity contribution in [2.45, 2.75) is 39.5 Å². The van der Waals surface area contributed by atoms with Crippen molar-refractivity contribution in [1.29, 1.82) is 0 Å². The number of hydrogen-bond acceptors (Lipinski definition) is 6. The number of ether oxygens (including phenoxy) is 4. The highest BCUT2D eigenvalue weighted by Crippen LogP contribution is 2.33. The van der Waals surface area contributed by atoms with Crippen LogP contribution in [0.15, 0.2) is 42.5 Å². The van der Waals surface area contributed by atoms with Crippen LogP contribution < -0.4 is 24.3 Å².